The number of aromatic nitrogens is 1. The predicted octanol–water partition coefficient (Wildman–Crippen LogP) is 1.54. The zero-order valence-electron chi connectivity index (χ0n) is 5.89. The molecule has 2 nitrogen and oxygen atoms in total. The summed E-state index contributed by atoms with van der Waals surface area (Å²) >= 11 is 0. The van der Waals surface area contributed by atoms with Gasteiger partial charge in [0.15, 0.2) is 0 Å². The van der Waals surface area contributed by atoms with Crippen LogP contribution in [0.25, 0.3) is 0 Å². The lowest BCUT2D eigenvalue weighted by Gasteiger charge is -1.98. The van der Waals surface area contributed by atoms with Crippen molar-refractivity contribution < 1.29 is 9.13 Å². The second-order valence-electron chi connectivity index (χ2n) is 1.97. The standard InChI is InChI=1S/C7H8FNO/c1-5-3-6(8)4-7(9-5)10-2/h3-4H,1-2H3. The number of hydrogen-bond acceptors (Lipinski definition) is 2. The summed E-state index contributed by atoms with van der Waals surface area (Å²) in [7, 11) is 1.46. The molecule has 0 bridgehead atoms. The summed E-state index contributed by atoms with van der Waals surface area (Å²) in [6, 6.07) is 2.59. The molecule has 0 atom stereocenters. The lowest BCUT2D eigenvalue weighted by Crippen LogP contribution is -1.90. The van der Waals surface area contributed by atoms with Crippen LogP contribution in [0.4, 0.5) is 4.39 Å². The number of rotatable bonds is 1. The van der Waals surface area contributed by atoms with Gasteiger partial charge in [-0.05, 0) is 13.0 Å². The number of nitrogens with zero attached hydrogens (tertiary/aromatic N) is 1. The number of aryl methyl sites for hydroxylation is 1. The van der Waals surface area contributed by atoms with Crippen molar-refractivity contribution in [2.75, 3.05) is 7.11 Å². The maximum Gasteiger partial charge on any atom is 0.216 e. The molecule has 10 heavy (non-hydrogen) atoms. The third-order valence-electron chi connectivity index (χ3n) is 1.10. The van der Waals surface area contributed by atoms with Gasteiger partial charge in [0.25, 0.3) is 0 Å². The summed E-state index contributed by atoms with van der Waals surface area (Å²) < 4.78 is 17.2. The number of hydrogen-bond donors (Lipinski definition) is 0. The topological polar surface area (TPSA) is 22.1 Å². The Balaban J connectivity index is 3.06. The van der Waals surface area contributed by atoms with Gasteiger partial charge in [0.1, 0.15) is 5.82 Å². The number of ether oxygens (including phenoxy) is 1. The van der Waals surface area contributed by atoms with E-state index in [0.29, 0.717) is 11.6 Å². The minimum Gasteiger partial charge on any atom is -0.481 e. The molecule has 0 fully saturated rings. The first-order chi connectivity index (χ1) is 4.72. The lowest BCUT2D eigenvalue weighted by atomic mass is 10.4. The monoisotopic (exact) mass is 141 g/mol. The van der Waals surface area contributed by atoms with Crippen molar-refractivity contribution in [3.63, 3.8) is 0 Å². The molecule has 0 unspecified atom stereocenters. The van der Waals surface area contributed by atoms with Gasteiger partial charge in [-0.1, -0.05) is 0 Å². The first-order valence-electron chi connectivity index (χ1n) is 2.90. The Hall–Kier alpha value is -1.12. The van der Waals surface area contributed by atoms with Crippen LogP contribution in [0.1, 0.15) is 5.69 Å². The van der Waals surface area contributed by atoms with Crippen molar-refractivity contribution >= 4 is 0 Å². The average molecular weight is 141 g/mol. The predicted molar refractivity (Wildman–Crippen MR) is 35.5 cm³/mol. The van der Waals surface area contributed by atoms with Crippen molar-refractivity contribution in [2.24, 2.45) is 0 Å². The molecule has 54 valence electrons. The molecule has 0 aromatic carbocycles. The molecule has 0 aliphatic rings. The van der Waals surface area contributed by atoms with Gasteiger partial charge in [-0.3, -0.25) is 0 Å². The molecule has 0 saturated carbocycles. The molecule has 1 aromatic heterocycles. The van der Waals surface area contributed by atoms with Gasteiger partial charge in [0.05, 0.1) is 7.11 Å². The van der Waals surface area contributed by atoms with Crippen molar-refractivity contribution in [1.82, 2.24) is 4.98 Å². The van der Waals surface area contributed by atoms with Crippen LogP contribution in [0.3, 0.4) is 0 Å². The molecule has 1 heterocycles. The van der Waals surface area contributed by atoms with Crippen LogP contribution in [0.2, 0.25) is 0 Å². The summed E-state index contributed by atoms with van der Waals surface area (Å²) in [6.45, 7) is 1.71. The van der Waals surface area contributed by atoms with Gasteiger partial charge in [-0.25, -0.2) is 9.37 Å². The van der Waals surface area contributed by atoms with Crippen molar-refractivity contribution in [2.45, 2.75) is 6.92 Å². The average Bonchev–Trinajstić information content (AvgIpc) is 1.85. The van der Waals surface area contributed by atoms with E-state index in [9.17, 15) is 4.39 Å². The highest BCUT2D eigenvalue weighted by molar-refractivity contribution is 5.16. The van der Waals surface area contributed by atoms with Gasteiger partial charge in [-0.2, -0.15) is 0 Å². The zero-order valence-corrected chi connectivity index (χ0v) is 5.89. The Kier molecular flexibility index (Phi) is 1.85. The Morgan fingerprint density at radius 1 is 1.50 bits per heavy atom. The molecule has 0 amide bonds. The Bertz CT molecular complexity index is 217. The Labute approximate surface area is 58.7 Å². The molecule has 1 rings (SSSR count). The number of methoxy groups -OCH3 is 1. The minimum absolute atomic E-state index is 0.315. The zero-order chi connectivity index (χ0) is 7.56. The van der Waals surface area contributed by atoms with Crippen LogP contribution >= 0.6 is 0 Å². The molecule has 0 N–H and O–H groups in total. The summed E-state index contributed by atoms with van der Waals surface area (Å²) in [4.78, 5) is 3.89. The molecular weight excluding hydrogens is 133 g/mol. The van der Waals surface area contributed by atoms with Gasteiger partial charge in [0, 0.05) is 11.8 Å². The molecule has 0 radical (unpaired) electrons. The van der Waals surface area contributed by atoms with Crippen molar-refractivity contribution in [3.05, 3.63) is 23.6 Å². The smallest absolute Gasteiger partial charge is 0.216 e. The SMILES string of the molecule is COc1cc(F)cc(C)n1. The van der Waals surface area contributed by atoms with E-state index in [-0.39, 0.29) is 5.82 Å². The Morgan fingerprint density at radius 2 is 2.20 bits per heavy atom. The third-order valence-corrected chi connectivity index (χ3v) is 1.10. The van der Waals surface area contributed by atoms with E-state index in [1.165, 1.54) is 19.2 Å². The first-order valence-corrected chi connectivity index (χ1v) is 2.90. The third kappa shape index (κ3) is 1.43. The molecule has 0 saturated heterocycles. The Morgan fingerprint density at radius 3 is 2.70 bits per heavy atom. The normalized spacial score (nSPS) is 9.50. The molecule has 1 aromatic rings. The van der Waals surface area contributed by atoms with E-state index in [1.54, 1.807) is 6.92 Å². The highest BCUT2D eigenvalue weighted by Gasteiger charge is 1.96. The van der Waals surface area contributed by atoms with Gasteiger partial charge < -0.3 is 4.74 Å². The minimum atomic E-state index is -0.315. The van der Waals surface area contributed by atoms with Crippen LogP contribution in [0.5, 0.6) is 5.88 Å². The fourth-order valence-corrected chi connectivity index (χ4v) is 0.702. The van der Waals surface area contributed by atoms with Crippen LogP contribution in [0, 0.1) is 12.7 Å². The van der Waals surface area contributed by atoms with E-state index >= 15 is 0 Å². The van der Waals surface area contributed by atoms with Crippen LogP contribution in [-0.2, 0) is 0 Å². The lowest BCUT2D eigenvalue weighted by molar-refractivity contribution is 0.393. The fraction of sp³-hybridized carbons (Fsp3) is 0.286. The van der Waals surface area contributed by atoms with Gasteiger partial charge in [-0.15, -0.1) is 0 Å². The molecule has 0 spiro atoms. The molecule has 3 heteroatoms. The van der Waals surface area contributed by atoms with E-state index in [4.69, 9.17) is 4.74 Å². The second kappa shape index (κ2) is 2.64. The maximum absolute atomic E-state index is 12.5. The maximum atomic E-state index is 12.5. The second-order valence-corrected chi connectivity index (χ2v) is 1.97. The van der Waals surface area contributed by atoms with E-state index in [0.717, 1.165) is 0 Å². The number of halogens is 1. The van der Waals surface area contributed by atoms with E-state index in [1.807, 2.05) is 0 Å². The summed E-state index contributed by atoms with van der Waals surface area (Å²) in [5, 5.41) is 0. The highest BCUT2D eigenvalue weighted by Crippen LogP contribution is 2.09. The van der Waals surface area contributed by atoms with E-state index < -0.39 is 0 Å². The van der Waals surface area contributed by atoms with Crippen LogP contribution < -0.4 is 4.74 Å². The summed E-state index contributed by atoms with van der Waals surface area (Å²) in [5.74, 6) is 0.00171. The van der Waals surface area contributed by atoms with E-state index in [2.05, 4.69) is 4.98 Å². The van der Waals surface area contributed by atoms with Crippen LogP contribution in [-0.4, -0.2) is 12.1 Å². The van der Waals surface area contributed by atoms with Crippen molar-refractivity contribution in [3.8, 4) is 5.88 Å². The molecule has 0 aliphatic heterocycles. The molecule has 0 aliphatic carbocycles. The van der Waals surface area contributed by atoms with Gasteiger partial charge in [0.2, 0.25) is 5.88 Å². The number of pyridine rings is 1. The first kappa shape index (κ1) is 6.99. The quantitative estimate of drug-likeness (QED) is 0.591. The summed E-state index contributed by atoms with van der Waals surface area (Å²) in [5.41, 5.74) is 0.622. The highest BCUT2D eigenvalue weighted by atomic mass is 19.1. The van der Waals surface area contributed by atoms with Gasteiger partial charge >= 0.3 is 0 Å². The largest absolute Gasteiger partial charge is 0.481 e. The molecular formula is C7H8FNO. The van der Waals surface area contributed by atoms with Crippen LogP contribution in [0.15, 0.2) is 12.1 Å². The van der Waals surface area contributed by atoms with Crippen molar-refractivity contribution in [1.29, 1.82) is 0 Å². The fourth-order valence-electron chi connectivity index (χ4n) is 0.702. The summed E-state index contributed by atoms with van der Waals surface area (Å²) in [6.07, 6.45) is 0.